The third-order valence-electron chi connectivity index (χ3n) is 13.9. The molecule has 0 spiro atoms. The van der Waals surface area contributed by atoms with E-state index in [0.717, 1.165) is 66.5 Å². The molecule has 0 saturated carbocycles. The zero-order chi connectivity index (χ0) is 42.8. The Labute approximate surface area is 373 Å². The maximum atomic E-state index is 5.99. The molecule has 0 saturated heterocycles. The van der Waals surface area contributed by atoms with Gasteiger partial charge in [-0.05, 0) is 54.1 Å². The summed E-state index contributed by atoms with van der Waals surface area (Å²) >= 11 is 0. The molecule has 14 rings (SSSR count). The first-order valence-electron chi connectivity index (χ1n) is 22.5. The topological polar surface area (TPSA) is 44.4 Å². The van der Waals surface area contributed by atoms with Gasteiger partial charge in [0.15, 0.2) is 0 Å². The fraction of sp³-hybridized carbons (Fsp3) is 0.0508. The first kappa shape index (κ1) is 36.0. The Kier molecular flexibility index (Phi) is 7.63. The summed E-state index contributed by atoms with van der Waals surface area (Å²) in [6.45, 7) is 2.31. The van der Waals surface area contributed by atoms with Gasteiger partial charge in [-0.25, -0.2) is 9.98 Å². The number of para-hydroxylation sites is 6. The van der Waals surface area contributed by atoms with Crippen molar-refractivity contribution in [3.05, 3.63) is 218 Å². The van der Waals surface area contributed by atoms with Gasteiger partial charge in [0, 0.05) is 60.4 Å². The van der Waals surface area contributed by atoms with E-state index >= 15 is 0 Å². The zero-order valence-corrected chi connectivity index (χ0v) is 35.5. The highest BCUT2D eigenvalue weighted by Gasteiger charge is 2.34. The monoisotopic (exact) mass is 832 g/mol. The number of benzene rings is 9. The Hall–Kier alpha value is -8.48. The number of hydrogen-bond donors (Lipinski definition) is 0. The molecule has 0 fully saturated rings. The molecule has 65 heavy (non-hydrogen) atoms. The van der Waals surface area contributed by atoms with Crippen LogP contribution in [0.3, 0.4) is 0 Å². The first-order chi connectivity index (χ1) is 32.2. The molecule has 1 aliphatic rings. The van der Waals surface area contributed by atoms with Crippen molar-refractivity contribution in [1.82, 2.24) is 18.3 Å². The van der Waals surface area contributed by atoms with Gasteiger partial charge in [0.1, 0.15) is 6.17 Å². The number of rotatable bonds is 4. The van der Waals surface area contributed by atoms with Crippen LogP contribution in [0.5, 0.6) is 0 Å². The minimum absolute atomic E-state index is 0.103. The second-order valence-electron chi connectivity index (χ2n) is 17.3. The van der Waals surface area contributed by atoms with E-state index in [0.29, 0.717) is 5.96 Å². The lowest BCUT2D eigenvalue weighted by atomic mass is 9.94. The smallest absolute Gasteiger partial charge is 0.232 e. The Morgan fingerprint density at radius 1 is 0.338 bits per heavy atom. The molecule has 0 bridgehead atoms. The van der Waals surface area contributed by atoms with Crippen LogP contribution in [0.1, 0.15) is 18.7 Å². The van der Waals surface area contributed by atoms with Crippen LogP contribution < -0.4 is 0 Å². The zero-order valence-electron chi connectivity index (χ0n) is 35.5. The molecule has 0 radical (unpaired) electrons. The largest absolute Gasteiger partial charge is 0.315 e. The van der Waals surface area contributed by atoms with E-state index in [1.807, 2.05) is 0 Å². The van der Waals surface area contributed by atoms with Crippen LogP contribution in [0.25, 0.3) is 98.6 Å². The third-order valence-corrected chi connectivity index (χ3v) is 13.9. The highest BCUT2D eigenvalue weighted by Crippen LogP contribution is 2.46. The van der Waals surface area contributed by atoms with Gasteiger partial charge in [-0.2, -0.15) is 0 Å². The average molecular weight is 833 g/mol. The Morgan fingerprint density at radius 2 is 0.708 bits per heavy atom. The minimum atomic E-state index is -0.372. The van der Waals surface area contributed by atoms with Gasteiger partial charge >= 0.3 is 0 Å². The molecule has 4 aromatic heterocycles. The Morgan fingerprint density at radius 3 is 1.22 bits per heavy atom. The molecular weight excluding hydrogens is 793 g/mol. The number of fused-ring (bicyclic) bond motifs is 14. The van der Waals surface area contributed by atoms with Gasteiger partial charge in [-0.1, -0.05) is 171 Å². The summed E-state index contributed by atoms with van der Waals surface area (Å²) in [5.41, 5.74) is 13.4. The van der Waals surface area contributed by atoms with E-state index in [1.165, 1.54) is 43.4 Å². The molecule has 0 aliphatic carbocycles. The molecular formula is C59H40N6. The number of aromatic nitrogens is 4. The van der Waals surface area contributed by atoms with E-state index in [-0.39, 0.29) is 12.1 Å². The van der Waals surface area contributed by atoms with Crippen molar-refractivity contribution in [1.29, 1.82) is 0 Å². The van der Waals surface area contributed by atoms with Crippen molar-refractivity contribution >= 4 is 98.9 Å². The highest BCUT2D eigenvalue weighted by molar-refractivity contribution is 6.27. The average Bonchev–Trinajstić information content (AvgIpc) is 4.10. The highest BCUT2D eigenvalue weighted by atomic mass is 15.3. The first-order valence-corrected chi connectivity index (χ1v) is 22.5. The van der Waals surface area contributed by atoms with E-state index in [9.17, 15) is 0 Å². The van der Waals surface area contributed by atoms with Crippen LogP contribution in [0, 0.1) is 5.92 Å². The summed E-state index contributed by atoms with van der Waals surface area (Å²) in [5.74, 6) is 0.561. The standard InChI is InChI=1S/C59H40N6/c1-37-53(38-19-5-2-6-20-38)60-59(65-52-32-18-14-28-44(52)48-36-34-46-42-26-12-16-30-50(42)63(55(46)57(48)65)40-23-9-4-10-24-40)61-58(37)64-51-31-17-13-27-43(51)47-35-33-45-41-25-11-15-29-49(41)62(54(45)56(47)64)39-21-7-3-8-22-39/h2-37,58H,1H3. The van der Waals surface area contributed by atoms with Crippen LogP contribution in [-0.4, -0.2) is 29.9 Å². The molecule has 2 unspecified atom stereocenters. The molecule has 6 nitrogen and oxygen atoms in total. The predicted octanol–water partition coefficient (Wildman–Crippen LogP) is 14.6. The van der Waals surface area contributed by atoms with E-state index in [1.54, 1.807) is 0 Å². The molecule has 13 aromatic rings. The van der Waals surface area contributed by atoms with Crippen molar-refractivity contribution < 1.29 is 0 Å². The van der Waals surface area contributed by atoms with E-state index < -0.39 is 0 Å². The molecule has 306 valence electrons. The van der Waals surface area contributed by atoms with Crippen molar-refractivity contribution in [2.75, 3.05) is 0 Å². The Balaban J connectivity index is 1.15. The second-order valence-corrected chi connectivity index (χ2v) is 17.3. The summed E-state index contributed by atoms with van der Waals surface area (Å²) in [7, 11) is 0. The molecule has 0 amide bonds. The molecule has 5 heterocycles. The van der Waals surface area contributed by atoms with Crippen LogP contribution >= 0.6 is 0 Å². The van der Waals surface area contributed by atoms with Crippen LogP contribution in [0.15, 0.2) is 222 Å². The minimum Gasteiger partial charge on any atom is -0.315 e. The Bertz CT molecular complexity index is 4130. The summed E-state index contributed by atoms with van der Waals surface area (Å²) in [4.78, 5) is 11.7. The van der Waals surface area contributed by atoms with E-state index in [4.69, 9.17) is 9.98 Å². The normalized spacial score (nSPS) is 15.6. The molecule has 2 atom stereocenters. The van der Waals surface area contributed by atoms with Crippen LogP contribution in [0.2, 0.25) is 0 Å². The SMILES string of the molecule is CC1C(c2ccccc2)=NC(n2c3ccccc3c3ccc4c5ccccc5n(-c5ccccc5)c4c32)=NC1n1c2ccccc2c2ccc3c4ccccc4n(-c4ccccc4)c3c21. The fourth-order valence-electron chi connectivity index (χ4n) is 11.1. The summed E-state index contributed by atoms with van der Waals surface area (Å²) in [6, 6.07) is 76.7. The maximum Gasteiger partial charge on any atom is 0.232 e. The number of nitrogens with zero attached hydrogens (tertiary/aromatic N) is 6. The quantitative estimate of drug-likeness (QED) is 0.170. The van der Waals surface area contributed by atoms with Gasteiger partial charge in [-0.15, -0.1) is 0 Å². The predicted molar refractivity (Wildman–Crippen MR) is 272 cm³/mol. The lowest BCUT2D eigenvalue weighted by Gasteiger charge is -2.30. The van der Waals surface area contributed by atoms with Crippen LogP contribution in [0.4, 0.5) is 0 Å². The summed E-state index contributed by atoms with van der Waals surface area (Å²) in [6.07, 6.45) is -0.372. The van der Waals surface area contributed by atoms with Gasteiger partial charge < -0.3 is 13.7 Å². The lowest BCUT2D eigenvalue weighted by Crippen LogP contribution is -2.31. The lowest BCUT2D eigenvalue weighted by molar-refractivity contribution is 0.462. The van der Waals surface area contributed by atoms with Crippen LogP contribution in [-0.2, 0) is 0 Å². The second kappa shape index (κ2) is 13.8. The van der Waals surface area contributed by atoms with Crippen molar-refractivity contribution in [2.45, 2.75) is 13.1 Å². The molecule has 9 aromatic carbocycles. The van der Waals surface area contributed by atoms with Crippen molar-refractivity contribution in [3.8, 4) is 11.4 Å². The summed E-state index contributed by atoms with van der Waals surface area (Å²) in [5, 5.41) is 9.55. The van der Waals surface area contributed by atoms with Gasteiger partial charge in [0.25, 0.3) is 0 Å². The van der Waals surface area contributed by atoms with Crippen molar-refractivity contribution in [3.63, 3.8) is 0 Å². The molecule has 0 N–H and O–H groups in total. The number of hydrogen-bond acceptors (Lipinski definition) is 2. The molecule has 1 aliphatic heterocycles. The van der Waals surface area contributed by atoms with Crippen molar-refractivity contribution in [2.24, 2.45) is 15.9 Å². The van der Waals surface area contributed by atoms with Gasteiger partial charge in [-0.3, -0.25) is 4.57 Å². The summed E-state index contributed by atoms with van der Waals surface area (Å²) < 4.78 is 9.79. The van der Waals surface area contributed by atoms with Gasteiger partial charge in [0.05, 0.1) is 49.8 Å². The fourth-order valence-corrected chi connectivity index (χ4v) is 11.1. The maximum absolute atomic E-state index is 5.99. The van der Waals surface area contributed by atoms with E-state index in [2.05, 4.69) is 238 Å². The number of aliphatic imine (C=N–C) groups is 2. The third kappa shape index (κ3) is 5.05. The molecule has 6 heteroatoms. The van der Waals surface area contributed by atoms with Gasteiger partial charge in [0.2, 0.25) is 5.96 Å².